The van der Waals surface area contributed by atoms with E-state index < -0.39 is 0 Å². The maximum atomic E-state index is 12.2. The van der Waals surface area contributed by atoms with E-state index in [1.54, 1.807) is 12.1 Å². The summed E-state index contributed by atoms with van der Waals surface area (Å²) in [6.45, 7) is 1.95. The number of hydrogen-bond acceptors (Lipinski definition) is 4. The lowest BCUT2D eigenvalue weighted by Crippen LogP contribution is -2.45. The molecule has 4 rings (SSSR count). The Morgan fingerprint density at radius 2 is 1.90 bits per heavy atom. The maximum absolute atomic E-state index is 12.2. The van der Waals surface area contributed by atoms with Crippen LogP contribution in [0.2, 0.25) is 0 Å². The highest BCUT2D eigenvalue weighted by Gasteiger charge is 2.36. The van der Waals surface area contributed by atoms with Crippen LogP contribution in [0.3, 0.4) is 0 Å². The van der Waals surface area contributed by atoms with Crippen LogP contribution in [-0.4, -0.2) is 36.9 Å². The fraction of sp³-hybridized carbons (Fsp3) is 0.375. The second-order valence-corrected chi connectivity index (χ2v) is 5.27. The molecule has 3 fully saturated rings. The molecule has 0 aromatic heterocycles. The normalized spacial score (nSPS) is 20.6. The van der Waals surface area contributed by atoms with E-state index >= 15 is 0 Å². The van der Waals surface area contributed by atoms with Crippen molar-refractivity contribution in [3.05, 3.63) is 41.1 Å². The number of piperidine rings is 3. The smallest absolute Gasteiger partial charge is 0.337 e. The zero-order valence-corrected chi connectivity index (χ0v) is 11.5. The molecule has 0 spiro atoms. The monoisotopic (exact) mass is 271 g/mol. The number of nitrogens with zero attached hydrogens (tertiary/aromatic N) is 1. The molecule has 0 radical (unpaired) electrons. The van der Waals surface area contributed by atoms with Gasteiger partial charge in [-0.1, -0.05) is 12.1 Å². The molecule has 1 aromatic rings. The molecular formula is C16H17NO3. The average molecular weight is 271 g/mol. The number of ether oxygens (including phenoxy) is 1. The molecule has 0 unspecified atom stereocenters. The van der Waals surface area contributed by atoms with Gasteiger partial charge in [0.2, 0.25) is 0 Å². The van der Waals surface area contributed by atoms with Crippen LogP contribution in [-0.2, 0) is 9.53 Å². The van der Waals surface area contributed by atoms with E-state index in [9.17, 15) is 9.59 Å². The lowest BCUT2D eigenvalue weighted by atomic mass is 9.84. The van der Waals surface area contributed by atoms with Crippen LogP contribution in [0.5, 0.6) is 0 Å². The van der Waals surface area contributed by atoms with E-state index in [1.807, 2.05) is 18.2 Å². The van der Waals surface area contributed by atoms with E-state index in [0.29, 0.717) is 5.56 Å². The van der Waals surface area contributed by atoms with Crippen LogP contribution in [0.15, 0.2) is 30.0 Å². The molecule has 3 heterocycles. The fourth-order valence-corrected chi connectivity index (χ4v) is 2.90. The number of ketones is 1. The van der Waals surface area contributed by atoms with Crippen LogP contribution in [0.25, 0.3) is 6.08 Å². The molecule has 3 aliphatic rings. The van der Waals surface area contributed by atoms with Gasteiger partial charge in [0, 0.05) is 19.0 Å². The minimum absolute atomic E-state index is 0.209. The van der Waals surface area contributed by atoms with Crippen molar-refractivity contribution in [3.8, 4) is 0 Å². The Hall–Kier alpha value is -2.10. The van der Waals surface area contributed by atoms with Gasteiger partial charge < -0.3 is 9.64 Å². The van der Waals surface area contributed by atoms with Crippen molar-refractivity contribution in [2.45, 2.75) is 12.8 Å². The number of Topliss-reactive ketones (excluding diaryl/α,β-unsaturated/α-hetero) is 1. The lowest BCUT2D eigenvalue weighted by molar-refractivity contribution is -0.125. The summed E-state index contributed by atoms with van der Waals surface area (Å²) in [5.41, 5.74) is 2.28. The summed E-state index contributed by atoms with van der Waals surface area (Å²) in [6.07, 6.45) is 3.89. The molecule has 4 nitrogen and oxygen atoms in total. The number of fused-ring (bicyclic) bond motifs is 3. The molecule has 3 saturated heterocycles. The fourth-order valence-electron chi connectivity index (χ4n) is 2.90. The Morgan fingerprint density at radius 3 is 2.45 bits per heavy atom. The van der Waals surface area contributed by atoms with Crippen molar-refractivity contribution >= 4 is 17.8 Å². The van der Waals surface area contributed by atoms with Gasteiger partial charge in [-0.05, 0) is 36.6 Å². The maximum Gasteiger partial charge on any atom is 0.337 e. The second kappa shape index (κ2) is 5.12. The molecule has 0 N–H and O–H groups in total. The predicted octanol–water partition coefficient (Wildman–Crippen LogP) is 2.11. The number of benzene rings is 1. The summed E-state index contributed by atoms with van der Waals surface area (Å²) in [5, 5.41) is 0. The summed E-state index contributed by atoms with van der Waals surface area (Å²) in [7, 11) is 1.36. The zero-order valence-electron chi connectivity index (χ0n) is 11.5. The minimum atomic E-state index is -0.347. The van der Waals surface area contributed by atoms with Gasteiger partial charge in [0.05, 0.1) is 18.4 Å². The largest absolute Gasteiger partial charge is 0.465 e. The lowest BCUT2D eigenvalue weighted by Gasteiger charge is -2.41. The van der Waals surface area contributed by atoms with Crippen LogP contribution in [0.4, 0.5) is 0 Å². The van der Waals surface area contributed by atoms with Crippen molar-refractivity contribution in [1.82, 2.24) is 4.90 Å². The Morgan fingerprint density at radius 1 is 1.25 bits per heavy atom. The van der Waals surface area contributed by atoms with Crippen molar-refractivity contribution in [1.29, 1.82) is 0 Å². The first kappa shape index (κ1) is 12.9. The number of allylic oxidation sites excluding steroid dienone is 1. The third-order valence-electron chi connectivity index (χ3n) is 4.09. The number of rotatable bonds is 2. The standard InChI is InChI=1S/C16H17NO3/c1-20-16(19)13-4-2-11(3-5-13)10-14-15(18)12-6-8-17(14)9-7-12/h2-5,10,12H,6-9H2,1H3/b14-10+. The Bertz CT molecular complexity index is 566. The molecule has 4 heteroatoms. The highest BCUT2D eigenvalue weighted by Crippen LogP contribution is 2.32. The summed E-state index contributed by atoms with van der Waals surface area (Å²) < 4.78 is 4.67. The van der Waals surface area contributed by atoms with Gasteiger partial charge in [-0.2, -0.15) is 0 Å². The number of carbonyl (C=O) groups is 2. The average Bonchev–Trinajstić information content (AvgIpc) is 2.51. The Kier molecular flexibility index (Phi) is 3.30. The topological polar surface area (TPSA) is 46.6 Å². The highest BCUT2D eigenvalue weighted by molar-refractivity contribution is 6.02. The molecule has 0 atom stereocenters. The number of hydrogen-bond donors (Lipinski definition) is 0. The minimum Gasteiger partial charge on any atom is -0.465 e. The van der Waals surface area contributed by atoms with Gasteiger partial charge in [-0.3, -0.25) is 4.79 Å². The van der Waals surface area contributed by atoms with E-state index in [1.165, 1.54) is 7.11 Å². The van der Waals surface area contributed by atoms with Crippen molar-refractivity contribution in [2.24, 2.45) is 5.92 Å². The molecular weight excluding hydrogens is 254 g/mol. The van der Waals surface area contributed by atoms with E-state index in [-0.39, 0.29) is 17.7 Å². The van der Waals surface area contributed by atoms with Gasteiger partial charge in [-0.25, -0.2) is 4.79 Å². The van der Waals surface area contributed by atoms with Crippen molar-refractivity contribution < 1.29 is 14.3 Å². The van der Waals surface area contributed by atoms with Crippen LogP contribution in [0, 0.1) is 5.92 Å². The third kappa shape index (κ3) is 2.22. The van der Waals surface area contributed by atoms with E-state index in [4.69, 9.17) is 0 Å². The summed E-state index contributed by atoms with van der Waals surface area (Å²) >= 11 is 0. The van der Waals surface area contributed by atoms with Crippen molar-refractivity contribution in [2.75, 3.05) is 20.2 Å². The molecule has 1 aromatic carbocycles. The van der Waals surface area contributed by atoms with Gasteiger partial charge >= 0.3 is 5.97 Å². The summed E-state index contributed by atoms with van der Waals surface area (Å²) in [6, 6.07) is 7.13. The third-order valence-corrected chi connectivity index (χ3v) is 4.09. The molecule has 0 aliphatic carbocycles. The molecule has 20 heavy (non-hydrogen) atoms. The SMILES string of the molecule is COC(=O)c1ccc(/C=C2\C(=O)C3CCN2CC3)cc1. The molecule has 0 amide bonds. The van der Waals surface area contributed by atoms with Crippen LogP contribution in [0.1, 0.15) is 28.8 Å². The van der Waals surface area contributed by atoms with E-state index in [2.05, 4.69) is 9.64 Å². The Labute approximate surface area is 118 Å². The Balaban J connectivity index is 1.85. The van der Waals surface area contributed by atoms with Gasteiger partial charge in [0.25, 0.3) is 0 Å². The second-order valence-electron chi connectivity index (χ2n) is 5.27. The van der Waals surface area contributed by atoms with Crippen molar-refractivity contribution in [3.63, 3.8) is 0 Å². The van der Waals surface area contributed by atoms with Gasteiger partial charge in [0.15, 0.2) is 5.78 Å². The van der Waals surface area contributed by atoms with Gasteiger partial charge in [0.1, 0.15) is 0 Å². The highest BCUT2D eigenvalue weighted by atomic mass is 16.5. The first-order valence-corrected chi connectivity index (χ1v) is 6.88. The van der Waals surface area contributed by atoms with Gasteiger partial charge in [-0.15, -0.1) is 0 Å². The van der Waals surface area contributed by atoms with E-state index in [0.717, 1.165) is 37.2 Å². The molecule has 3 aliphatic heterocycles. The predicted molar refractivity (Wildman–Crippen MR) is 75.1 cm³/mol. The quantitative estimate of drug-likeness (QED) is 0.610. The van der Waals surface area contributed by atoms with Crippen LogP contribution < -0.4 is 0 Å². The molecule has 2 bridgehead atoms. The first-order valence-electron chi connectivity index (χ1n) is 6.88. The zero-order chi connectivity index (χ0) is 14.1. The first-order chi connectivity index (χ1) is 9.69. The summed E-state index contributed by atoms with van der Waals surface area (Å²) in [4.78, 5) is 25.8. The van der Waals surface area contributed by atoms with Crippen LogP contribution >= 0.6 is 0 Å². The number of esters is 1. The number of methoxy groups -OCH3 is 1. The number of carbonyl (C=O) groups excluding carboxylic acids is 2. The molecule has 104 valence electrons. The molecule has 0 saturated carbocycles. The summed E-state index contributed by atoms with van der Waals surface area (Å²) in [5.74, 6) is 0.126.